The highest BCUT2D eigenvalue weighted by Crippen LogP contribution is 2.52. The van der Waals surface area contributed by atoms with E-state index in [9.17, 15) is 9.90 Å². The minimum absolute atomic E-state index is 0.0814. The van der Waals surface area contributed by atoms with Crippen molar-refractivity contribution in [1.82, 2.24) is 14.8 Å². The van der Waals surface area contributed by atoms with Gasteiger partial charge in [-0.3, -0.25) is 4.79 Å². The second-order valence-corrected chi connectivity index (χ2v) is 8.43. The predicted octanol–water partition coefficient (Wildman–Crippen LogP) is 2.76. The minimum Gasteiger partial charge on any atom is -0.368 e. The second kappa shape index (κ2) is 4.68. The number of ketones is 1. The molecule has 1 N–H and O–H groups in total. The van der Waals surface area contributed by atoms with Crippen molar-refractivity contribution in [3.63, 3.8) is 0 Å². The van der Waals surface area contributed by atoms with Gasteiger partial charge in [-0.15, -0.1) is 5.10 Å². The number of hydrogen-bond acceptors (Lipinski definition) is 5. The summed E-state index contributed by atoms with van der Waals surface area (Å²) in [5.41, 5.74) is 0.586. The number of benzene rings is 1. The van der Waals surface area contributed by atoms with Crippen LogP contribution in [0.3, 0.4) is 0 Å². The average Bonchev–Trinajstić information content (AvgIpc) is 2.97. The summed E-state index contributed by atoms with van der Waals surface area (Å²) in [6.07, 6.45) is 0.996. The van der Waals surface area contributed by atoms with Gasteiger partial charge in [-0.05, 0) is 12.3 Å². The van der Waals surface area contributed by atoms with E-state index in [-0.39, 0.29) is 11.2 Å². The molecule has 1 saturated carbocycles. The first kappa shape index (κ1) is 14.9. The molecule has 1 aromatic carbocycles. The topological polar surface area (TPSA) is 68.0 Å². The quantitative estimate of drug-likeness (QED) is 0.871. The van der Waals surface area contributed by atoms with Gasteiger partial charge >= 0.3 is 0 Å². The SMILES string of the molecule is Cc1ccc(-c2nc3n(n2)C2(O)CC(C)(C)CC(=O)C2S3)cc1. The Labute approximate surface area is 139 Å². The van der Waals surface area contributed by atoms with E-state index in [0.717, 1.165) is 5.56 Å². The molecule has 0 saturated heterocycles. The zero-order valence-electron chi connectivity index (χ0n) is 13.4. The molecule has 23 heavy (non-hydrogen) atoms. The molecule has 1 fully saturated rings. The van der Waals surface area contributed by atoms with Gasteiger partial charge in [0.05, 0.1) is 0 Å². The third-order valence-corrected chi connectivity index (χ3v) is 5.93. The molecule has 120 valence electrons. The van der Waals surface area contributed by atoms with Crippen molar-refractivity contribution in [2.75, 3.05) is 0 Å². The maximum absolute atomic E-state index is 12.4. The van der Waals surface area contributed by atoms with Gasteiger partial charge in [-0.25, -0.2) is 9.67 Å². The lowest BCUT2D eigenvalue weighted by Gasteiger charge is -2.41. The number of hydrogen-bond donors (Lipinski definition) is 1. The molecule has 0 bridgehead atoms. The Bertz CT molecular complexity index is 797. The van der Waals surface area contributed by atoms with Crippen molar-refractivity contribution in [1.29, 1.82) is 0 Å². The second-order valence-electron chi connectivity index (χ2n) is 7.36. The lowest BCUT2D eigenvalue weighted by Crippen LogP contribution is -2.52. The summed E-state index contributed by atoms with van der Waals surface area (Å²) in [4.78, 5) is 17.0. The molecular weight excluding hydrogens is 310 g/mol. The summed E-state index contributed by atoms with van der Waals surface area (Å²) >= 11 is 1.34. The van der Waals surface area contributed by atoms with Crippen LogP contribution in [0, 0.1) is 12.3 Å². The van der Waals surface area contributed by atoms with Crippen LogP contribution in [0.15, 0.2) is 29.4 Å². The van der Waals surface area contributed by atoms with Crippen molar-refractivity contribution in [2.24, 2.45) is 5.41 Å². The predicted molar refractivity (Wildman–Crippen MR) is 88.1 cm³/mol. The minimum atomic E-state index is -1.27. The van der Waals surface area contributed by atoms with E-state index in [0.29, 0.717) is 23.8 Å². The molecule has 0 spiro atoms. The van der Waals surface area contributed by atoms with Gasteiger partial charge in [0.15, 0.2) is 22.5 Å². The van der Waals surface area contributed by atoms with Crippen LogP contribution in [0.1, 0.15) is 32.3 Å². The number of aryl methyl sites for hydroxylation is 1. The molecule has 2 unspecified atom stereocenters. The summed E-state index contributed by atoms with van der Waals surface area (Å²) in [6.45, 7) is 6.06. The number of fused-ring (bicyclic) bond motifs is 3. The number of rotatable bonds is 1. The number of carbonyl (C=O) groups is 1. The van der Waals surface area contributed by atoms with E-state index in [2.05, 4.69) is 10.1 Å². The summed E-state index contributed by atoms with van der Waals surface area (Å²) in [6, 6.07) is 7.98. The number of Topliss-reactive ketones (excluding diaryl/α,β-unsaturated/α-hetero) is 1. The maximum atomic E-state index is 12.4. The van der Waals surface area contributed by atoms with Gasteiger partial charge in [-0.1, -0.05) is 55.4 Å². The molecular formula is C17H19N3O2S. The van der Waals surface area contributed by atoms with Crippen LogP contribution in [-0.2, 0) is 10.5 Å². The smallest absolute Gasteiger partial charge is 0.190 e. The molecule has 6 heteroatoms. The van der Waals surface area contributed by atoms with Gasteiger partial charge in [0.25, 0.3) is 0 Å². The van der Waals surface area contributed by atoms with Crippen molar-refractivity contribution < 1.29 is 9.90 Å². The average molecular weight is 329 g/mol. The normalized spacial score (nSPS) is 28.5. The molecule has 0 amide bonds. The van der Waals surface area contributed by atoms with Crippen molar-refractivity contribution >= 4 is 17.5 Å². The Kier molecular flexibility index (Phi) is 3.03. The molecule has 2 aromatic rings. The molecule has 2 heterocycles. The molecule has 1 aromatic heterocycles. The molecule has 2 atom stereocenters. The summed E-state index contributed by atoms with van der Waals surface area (Å²) < 4.78 is 1.57. The highest BCUT2D eigenvalue weighted by molar-refractivity contribution is 8.00. The first-order valence-electron chi connectivity index (χ1n) is 7.75. The zero-order chi connectivity index (χ0) is 16.4. The number of carbonyl (C=O) groups excluding carboxylic acids is 1. The molecule has 1 aliphatic heterocycles. The first-order valence-corrected chi connectivity index (χ1v) is 8.63. The molecule has 1 aliphatic carbocycles. The number of thioether (sulfide) groups is 1. The van der Waals surface area contributed by atoms with E-state index in [1.54, 1.807) is 4.68 Å². The number of aromatic nitrogens is 3. The fourth-order valence-corrected chi connectivity index (χ4v) is 4.82. The Morgan fingerprint density at radius 1 is 1.30 bits per heavy atom. The Morgan fingerprint density at radius 3 is 2.70 bits per heavy atom. The number of nitrogens with zero attached hydrogens (tertiary/aromatic N) is 3. The van der Waals surface area contributed by atoms with Crippen molar-refractivity contribution in [3.8, 4) is 11.4 Å². The lowest BCUT2D eigenvalue weighted by molar-refractivity contribution is -0.146. The Hall–Kier alpha value is -1.66. The van der Waals surface area contributed by atoms with Crippen LogP contribution < -0.4 is 0 Å². The fourth-order valence-electron chi connectivity index (χ4n) is 3.58. The van der Waals surface area contributed by atoms with E-state index < -0.39 is 11.0 Å². The third-order valence-electron chi connectivity index (χ3n) is 4.58. The van der Waals surface area contributed by atoms with Crippen molar-refractivity contribution in [2.45, 2.75) is 49.7 Å². The lowest BCUT2D eigenvalue weighted by atomic mass is 9.72. The molecule has 4 rings (SSSR count). The first-order chi connectivity index (χ1) is 10.8. The fraction of sp³-hybridized carbons (Fsp3) is 0.471. The zero-order valence-corrected chi connectivity index (χ0v) is 14.2. The monoisotopic (exact) mass is 329 g/mol. The van der Waals surface area contributed by atoms with E-state index in [1.807, 2.05) is 45.0 Å². The highest BCUT2D eigenvalue weighted by Gasteiger charge is 2.58. The van der Waals surface area contributed by atoms with Gasteiger partial charge < -0.3 is 5.11 Å². The number of aliphatic hydroxyl groups is 1. The molecule has 5 nitrogen and oxygen atoms in total. The van der Waals surface area contributed by atoms with E-state index in [4.69, 9.17) is 0 Å². The van der Waals surface area contributed by atoms with E-state index >= 15 is 0 Å². The summed E-state index contributed by atoms with van der Waals surface area (Å²) in [5, 5.41) is 15.9. The van der Waals surface area contributed by atoms with Gasteiger partial charge in [0.1, 0.15) is 5.25 Å². The molecule has 2 aliphatic rings. The van der Waals surface area contributed by atoms with Crippen LogP contribution in [0.2, 0.25) is 0 Å². The maximum Gasteiger partial charge on any atom is 0.190 e. The highest BCUT2D eigenvalue weighted by atomic mass is 32.2. The Morgan fingerprint density at radius 2 is 2.00 bits per heavy atom. The standard InChI is InChI=1S/C17H19N3O2S/c1-10-4-6-11(7-5-10)14-18-15-20(19-14)17(22)9-16(2,3)8-12(21)13(17)23-15/h4-7,13,22H,8-9H2,1-3H3. The van der Waals surface area contributed by atoms with Gasteiger partial charge in [-0.2, -0.15) is 0 Å². The van der Waals surface area contributed by atoms with Crippen LogP contribution in [-0.4, -0.2) is 30.9 Å². The third kappa shape index (κ3) is 2.23. The van der Waals surface area contributed by atoms with Crippen LogP contribution >= 0.6 is 11.8 Å². The largest absolute Gasteiger partial charge is 0.368 e. The van der Waals surface area contributed by atoms with Gasteiger partial charge in [0.2, 0.25) is 0 Å². The van der Waals surface area contributed by atoms with Crippen LogP contribution in [0.4, 0.5) is 0 Å². The van der Waals surface area contributed by atoms with Crippen molar-refractivity contribution in [3.05, 3.63) is 29.8 Å². The van der Waals surface area contributed by atoms with Crippen LogP contribution in [0.25, 0.3) is 11.4 Å². The molecule has 0 radical (unpaired) electrons. The summed E-state index contributed by atoms with van der Waals surface area (Å²) in [5.74, 6) is 0.674. The van der Waals surface area contributed by atoms with Crippen LogP contribution in [0.5, 0.6) is 0 Å². The van der Waals surface area contributed by atoms with Gasteiger partial charge in [0, 0.05) is 18.4 Å². The Balaban J connectivity index is 1.77. The summed E-state index contributed by atoms with van der Waals surface area (Å²) in [7, 11) is 0. The van der Waals surface area contributed by atoms with E-state index in [1.165, 1.54) is 17.3 Å².